The summed E-state index contributed by atoms with van der Waals surface area (Å²) in [5.74, 6) is -0.172. The predicted molar refractivity (Wildman–Crippen MR) is 146 cm³/mol. The van der Waals surface area contributed by atoms with Crippen LogP contribution in [0.5, 0.6) is 0 Å². The molecule has 0 aliphatic rings. The number of aliphatic hydroxyl groups is 1. The maximum atomic E-state index is 12.5. The van der Waals surface area contributed by atoms with Crippen molar-refractivity contribution in [2.45, 2.75) is 26.4 Å². The molecule has 4 aromatic rings. The van der Waals surface area contributed by atoms with Gasteiger partial charge in [-0.05, 0) is 56.2 Å². The second-order valence-electron chi connectivity index (χ2n) is 9.62. The number of anilines is 2. The fraction of sp³-hybridized carbons (Fsp3) is 0.214. The highest BCUT2D eigenvalue weighted by Gasteiger charge is 2.22. The van der Waals surface area contributed by atoms with Crippen molar-refractivity contribution >= 4 is 34.4 Å². The van der Waals surface area contributed by atoms with Gasteiger partial charge in [0.15, 0.2) is 0 Å². The molecule has 5 N–H and O–H groups in total. The van der Waals surface area contributed by atoms with E-state index in [1.807, 2.05) is 48.0 Å². The lowest BCUT2D eigenvalue weighted by Crippen LogP contribution is -2.38. The second-order valence-corrected chi connectivity index (χ2v) is 9.62. The number of aryl methyl sites for hydroxylation is 1. The summed E-state index contributed by atoms with van der Waals surface area (Å²) >= 11 is 0. The number of nitrogens with two attached hydrogens (primary N) is 1. The molecule has 0 bridgehead atoms. The van der Waals surface area contributed by atoms with Gasteiger partial charge in [-0.25, -0.2) is 9.97 Å². The molecule has 2 aromatic carbocycles. The first-order valence-corrected chi connectivity index (χ1v) is 11.7. The molecule has 0 fully saturated rings. The lowest BCUT2D eigenvalue weighted by Gasteiger charge is -2.17. The number of hydrogen-bond acceptors (Lipinski definition) is 6. The quantitative estimate of drug-likeness (QED) is 0.286. The second kappa shape index (κ2) is 9.87. The van der Waals surface area contributed by atoms with Gasteiger partial charge in [-0.1, -0.05) is 30.8 Å². The van der Waals surface area contributed by atoms with E-state index < -0.39 is 5.60 Å². The van der Waals surface area contributed by atoms with Crippen LogP contribution in [0.1, 0.15) is 31.1 Å². The van der Waals surface area contributed by atoms with Gasteiger partial charge in [0.25, 0.3) is 11.8 Å². The predicted octanol–water partition coefficient (Wildman–Crippen LogP) is 3.90. The molecule has 2 amide bonds. The smallest absolute Gasteiger partial charge is 0.251 e. The summed E-state index contributed by atoms with van der Waals surface area (Å²) in [6, 6.07) is 14.6. The Bertz CT molecular complexity index is 1500. The molecule has 0 aliphatic heterocycles. The van der Waals surface area contributed by atoms with E-state index in [1.165, 1.54) is 6.33 Å². The van der Waals surface area contributed by atoms with Crippen LogP contribution in [0.4, 0.5) is 11.5 Å². The van der Waals surface area contributed by atoms with E-state index in [9.17, 15) is 14.7 Å². The highest BCUT2D eigenvalue weighted by molar-refractivity contribution is 6.08. The third-order valence-corrected chi connectivity index (χ3v) is 5.92. The molecule has 0 saturated carbocycles. The number of hydrogen-bond donors (Lipinski definition) is 4. The number of nitrogens with one attached hydrogen (secondary N) is 2. The van der Waals surface area contributed by atoms with E-state index in [2.05, 4.69) is 27.2 Å². The Morgan fingerprint density at radius 3 is 2.27 bits per heavy atom. The van der Waals surface area contributed by atoms with Gasteiger partial charge in [0.1, 0.15) is 17.8 Å². The number of carbonyl (C=O) groups is 2. The molecule has 37 heavy (non-hydrogen) atoms. The number of rotatable bonds is 7. The van der Waals surface area contributed by atoms with Crippen molar-refractivity contribution in [2.75, 3.05) is 17.6 Å². The topological polar surface area (TPSA) is 135 Å². The first-order chi connectivity index (χ1) is 17.5. The van der Waals surface area contributed by atoms with Crippen LogP contribution < -0.4 is 16.4 Å². The van der Waals surface area contributed by atoms with Crippen LogP contribution in [0.15, 0.2) is 67.0 Å². The summed E-state index contributed by atoms with van der Waals surface area (Å²) in [6.45, 7) is 8.72. The maximum Gasteiger partial charge on any atom is 0.251 e. The monoisotopic (exact) mass is 498 g/mol. The molecule has 9 nitrogen and oxygen atoms in total. The molecule has 190 valence electrons. The Morgan fingerprint density at radius 2 is 1.68 bits per heavy atom. The van der Waals surface area contributed by atoms with Gasteiger partial charge < -0.3 is 26.0 Å². The van der Waals surface area contributed by atoms with Crippen molar-refractivity contribution in [1.29, 1.82) is 0 Å². The zero-order valence-electron chi connectivity index (χ0n) is 21.3. The van der Waals surface area contributed by atoms with Crippen LogP contribution in [0.2, 0.25) is 0 Å². The molecule has 4 rings (SSSR count). The molecule has 0 atom stereocenters. The Hall–Kier alpha value is -4.50. The van der Waals surface area contributed by atoms with E-state index in [0.717, 1.165) is 22.4 Å². The molecule has 9 heteroatoms. The third kappa shape index (κ3) is 5.36. The molecule has 2 heterocycles. The van der Waals surface area contributed by atoms with Gasteiger partial charge in [-0.3, -0.25) is 9.59 Å². The number of aromatic nitrogens is 3. The van der Waals surface area contributed by atoms with E-state index in [0.29, 0.717) is 33.7 Å². The Balaban J connectivity index is 1.77. The standard InChI is InChI=1S/C28H30N6O3/c1-16(2)26(35)33-20-12-10-18(11-13-20)23-21(22-24(29)31-15-32-25(22)34(23)5)17-6-8-19(9-7-17)27(36)30-14-28(3,4)37/h6-13,15,37H,1,14H2,2-5H3,(H,30,36)(H,33,35)(H2,29,31,32). The Labute approximate surface area is 215 Å². The number of amides is 2. The highest BCUT2D eigenvalue weighted by Crippen LogP contribution is 2.41. The fourth-order valence-electron chi connectivity index (χ4n) is 4.03. The first kappa shape index (κ1) is 25.6. The zero-order valence-corrected chi connectivity index (χ0v) is 21.3. The Kier molecular flexibility index (Phi) is 6.82. The fourth-order valence-corrected chi connectivity index (χ4v) is 4.03. The molecule has 0 unspecified atom stereocenters. The van der Waals surface area contributed by atoms with Crippen LogP contribution in [-0.4, -0.2) is 43.6 Å². The van der Waals surface area contributed by atoms with Crippen molar-refractivity contribution in [3.8, 4) is 22.4 Å². The third-order valence-electron chi connectivity index (χ3n) is 5.92. The van der Waals surface area contributed by atoms with E-state index in [-0.39, 0.29) is 18.4 Å². The lowest BCUT2D eigenvalue weighted by atomic mass is 9.97. The number of nitrogen functional groups attached to an aromatic ring is 1. The van der Waals surface area contributed by atoms with E-state index in [4.69, 9.17) is 5.73 Å². The molecule has 2 aromatic heterocycles. The molecular formula is C28H30N6O3. The normalized spacial score (nSPS) is 11.4. The lowest BCUT2D eigenvalue weighted by molar-refractivity contribution is -0.112. The van der Waals surface area contributed by atoms with Crippen LogP contribution in [0.25, 0.3) is 33.4 Å². The minimum Gasteiger partial charge on any atom is -0.389 e. The van der Waals surface area contributed by atoms with Gasteiger partial charge >= 0.3 is 0 Å². The van der Waals surface area contributed by atoms with E-state index in [1.54, 1.807) is 32.9 Å². The van der Waals surface area contributed by atoms with Crippen molar-refractivity contribution < 1.29 is 14.7 Å². The molecule has 0 radical (unpaired) electrons. The van der Waals surface area contributed by atoms with E-state index >= 15 is 0 Å². The number of fused-ring (bicyclic) bond motifs is 1. The number of benzene rings is 2. The summed E-state index contributed by atoms with van der Waals surface area (Å²) in [7, 11) is 1.91. The SMILES string of the molecule is C=C(C)C(=O)Nc1ccc(-c2c(-c3ccc(C(=O)NCC(C)(C)O)cc3)c3c(N)ncnc3n2C)cc1. The zero-order chi connectivity index (χ0) is 26.9. The average Bonchev–Trinajstić information content (AvgIpc) is 3.16. The summed E-state index contributed by atoms with van der Waals surface area (Å²) < 4.78 is 1.95. The molecule has 0 aliphatic carbocycles. The van der Waals surface area contributed by atoms with Crippen molar-refractivity contribution in [1.82, 2.24) is 19.9 Å². The minimum atomic E-state index is -1.01. The average molecular weight is 499 g/mol. The van der Waals surface area contributed by atoms with Crippen molar-refractivity contribution in [2.24, 2.45) is 7.05 Å². The van der Waals surface area contributed by atoms with Crippen LogP contribution >= 0.6 is 0 Å². The molecule has 0 spiro atoms. The van der Waals surface area contributed by atoms with Gasteiger partial charge in [-0.15, -0.1) is 0 Å². The van der Waals surface area contributed by atoms with Crippen LogP contribution in [-0.2, 0) is 11.8 Å². The largest absolute Gasteiger partial charge is 0.389 e. The molecule has 0 saturated heterocycles. The first-order valence-electron chi connectivity index (χ1n) is 11.7. The van der Waals surface area contributed by atoms with Crippen LogP contribution in [0.3, 0.4) is 0 Å². The summed E-state index contributed by atoms with van der Waals surface area (Å²) in [5, 5.41) is 16.1. The van der Waals surface area contributed by atoms with Gasteiger partial charge in [0.2, 0.25) is 0 Å². The van der Waals surface area contributed by atoms with Crippen molar-refractivity contribution in [3.63, 3.8) is 0 Å². The Morgan fingerprint density at radius 1 is 1.05 bits per heavy atom. The van der Waals surface area contributed by atoms with Gasteiger partial charge in [0.05, 0.1) is 16.7 Å². The number of carbonyl (C=O) groups excluding carboxylic acids is 2. The molecular weight excluding hydrogens is 468 g/mol. The highest BCUT2D eigenvalue weighted by atomic mass is 16.3. The van der Waals surface area contributed by atoms with Gasteiger partial charge in [-0.2, -0.15) is 0 Å². The summed E-state index contributed by atoms with van der Waals surface area (Å²) in [5.41, 5.74) is 10.9. The number of nitrogens with zero attached hydrogens (tertiary/aromatic N) is 3. The van der Waals surface area contributed by atoms with Gasteiger partial charge in [0, 0.05) is 36.0 Å². The summed E-state index contributed by atoms with van der Waals surface area (Å²) in [6.07, 6.45) is 1.43. The summed E-state index contributed by atoms with van der Waals surface area (Å²) in [4.78, 5) is 33.2. The van der Waals surface area contributed by atoms with Crippen LogP contribution in [0, 0.1) is 0 Å². The van der Waals surface area contributed by atoms with Crippen molar-refractivity contribution in [3.05, 3.63) is 72.6 Å². The minimum absolute atomic E-state index is 0.137. The maximum absolute atomic E-state index is 12.5.